The van der Waals surface area contributed by atoms with Crippen molar-refractivity contribution < 1.29 is 9.18 Å². The van der Waals surface area contributed by atoms with Crippen LogP contribution in [-0.2, 0) is 6.54 Å². The first-order valence-electron chi connectivity index (χ1n) is 7.99. The van der Waals surface area contributed by atoms with Gasteiger partial charge in [0, 0.05) is 30.7 Å². The Labute approximate surface area is 148 Å². The van der Waals surface area contributed by atoms with E-state index >= 15 is 0 Å². The maximum atomic E-state index is 13.3. The summed E-state index contributed by atoms with van der Waals surface area (Å²) in [6, 6.07) is 7.89. The van der Waals surface area contributed by atoms with Crippen molar-refractivity contribution >= 4 is 11.7 Å². The fourth-order valence-corrected chi connectivity index (χ4v) is 2.75. The second-order valence-electron chi connectivity index (χ2n) is 5.79. The number of halogens is 1. The first-order valence-corrected chi connectivity index (χ1v) is 7.99. The van der Waals surface area contributed by atoms with Crippen LogP contribution in [0.4, 0.5) is 4.39 Å². The Morgan fingerprint density at radius 1 is 1.31 bits per heavy atom. The highest BCUT2D eigenvalue weighted by molar-refractivity contribution is 5.94. The number of aromatic nitrogens is 5. The average molecular weight is 350 g/mol. The molecule has 130 valence electrons. The summed E-state index contributed by atoms with van der Waals surface area (Å²) in [7, 11) is 0. The van der Waals surface area contributed by atoms with Crippen LogP contribution in [0.1, 0.15) is 21.7 Å². The van der Waals surface area contributed by atoms with E-state index in [-0.39, 0.29) is 11.7 Å². The van der Waals surface area contributed by atoms with Gasteiger partial charge in [-0.05, 0) is 31.2 Å². The number of amides is 1. The Morgan fingerprint density at radius 3 is 3.04 bits per heavy atom. The monoisotopic (exact) mass is 350 g/mol. The van der Waals surface area contributed by atoms with Gasteiger partial charge in [0.25, 0.3) is 5.91 Å². The number of carbonyl (C=O) groups excluding carboxylic acids is 1. The lowest BCUT2D eigenvalue weighted by Crippen LogP contribution is -2.24. The molecule has 7 nitrogen and oxygen atoms in total. The fraction of sp³-hybridized carbons (Fsp3) is 0.111. The number of nitrogens with zero attached hydrogens (tertiary/aromatic N) is 5. The predicted molar refractivity (Wildman–Crippen MR) is 92.4 cm³/mol. The molecule has 0 aliphatic heterocycles. The van der Waals surface area contributed by atoms with E-state index in [0.29, 0.717) is 29.4 Å². The molecule has 0 fully saturated rings. The molecule has 0 aliphatic rings. The van der Waals surface area contributed by atoms with Gasteiger partial charge in [-0.2, -0.15) is 5.10 Å². The lowest BCUT2D eigenvalue weighted by molar-refractivity contribution is 0.0944. The molecule has 0 atom stereocenters. The van der Waals surface area contributed by atoms with Crippen LogP contribution in [-0.4, -0.2) is 30.1 Å². The van der Waals surface area contributed by atoms with Gasteiger partial charge in [-0.1, -0.05) is 6.07 Å². The standard InChI is InChI=1S/C18H15FN6O/c1-12-16(24-7-3-6-20-18(24)23-12)17(26)21-9-13-10-22-25(11-13)15-5-2-4-14(19)8-15/h2-8,10-11H,9H2,1H3,(H,21,26). The topological polar surface area (TPSA) is 77.1 Å². The number of hydrogen-bond acceptors (Lipinski definition) is 4. The van der Waals surface area contributed by atoms with E-state index in [2.05, 4.69) is 20.4 Å². The minimum Gasteiger partial charge on any atom is -0.346 e. The number of imidazole rings is 1. The van der Waals surface area contributed by atoms with Crippen molar-refractivity contribution in [1.29, 1.82) is 0 Å². The van der Waals surface area contributed by atoms with Crippen molar-refractivity contribution in [2.45, 2.75) is 13.5 Å². The Kier molecular flexibility index (Phi) is 3.92. The number of carbonyl (C=O) groups is 1. The smallest absolute Gasteiger partial charge is 0.270 e. The van der Waals surface area contributed by atoms with Gasteiger partial charge >= 0.3 is 0 Å². The first kappa shape index (κ1) is 15.9. The molecule has 3 heterocycles. The van der Waals surface area contributed by atoms with Crippen LogP contribution in [0.3, 0.4) is 0 Å². The Hall–Kier alpha value is -3.55. The van der Waals surface area contributed by atoms with Crippen LogP contribution in [0.2, 0.25) is 0 Å². The molecule has 0 unspecified atom stereocenters. The lowest BCUT2D eigenvalue weighted by Gasteiger charge is -2.04. The molecule has 0 radical (unpaired) electrons. The number of nitrogens with one attached hydrogen (secondary N) is 1. The molecular weight excluding hydrogens is 335 g/mol. The van der Waals surface area contributed by atoms with Crippen molar-refractivity contribution in [3.63, 3.8) is 0 Å². The molecule has 0 saturated heterocycles. The van der Waals surface area contributed by atoms with E-state index < -0.39 is 0 Å². The van der Waals surface area contributed by atoms with Crippen molar-refractivity contribution in [3.8, 4) is 5.69 Å². The van der Waals surface area contributed by atoms with Crippen LogP contribution in [0, 0.1) is 12.7 Å². The van der Waals surface area contributed by atoms with Gasteiger partial charge < -0.3 is 5.32 Å². The number of benzene rings is 1. The lowest BCUT2D eigenvalue weighted by atomic mass is 10.3. The summed E-state index contributed by atoms with van der Waals surface area (Å²) in [6.45, 7) is 2.06. The largest absolute Gasteiger partial charge is 0.346 e. The molecule has 26 heavy (non-hydrogen) atoms. The van der Waals surface area contributed by atoms with Gasteiger partial charge in [0.2, 0.25) is 5.78 Å². The van der Waals surface area contributed by atoms with Gasteiger partial charge in [0.15, 0.2) is 0 Å². The quantitative estimate of drug-likeness (QED) is 0.613. The van der Waals surface area contributed by atoms with Crippen LogP contribution in [0.5, 0.6) is 0 Å². The van der Waals surface area contributed by atoms with Gasteiger partial charge in [-0.3, -0.25) is 9.20 Å². The Morgan fingerprint density at radius 2 is 2.19 bits per heavy atom. The molecule has 3 aromatic heterocycles. The Bertz CT molecular complexity index is 1100. The maximum absolute atomic E-state index is 13.3. The van der Waals surface area contributed by atoms with Crippen LogP contribution >= 0.6 is 0 Å². The third-order valence-electron chi connectivity index (χ3n) is 3.95. The number of aryl methyl sites for hydroxylation is 1. The van der Waals surface area contributed by atoms with E-state index in [0.717, 1.165) is 5.56 Å². The summed E-state index contributed by atoms with van der Waals surface area (Å²) in [5.41, 5.74) is 2.47. The van der Waals surface area contributed by atoms with Gasteiger partial charge in [0.05, 0.1) is 17.6 Å². The van der Waals surface area contributed by atoms with E-state index in [1.165, 1.54) is 12.1 Å². The highest BCUT2D eigenvalue weighted by Gasteiger charge is 2.16. The molecule has 1 amide bonds. The zero-order chi connectivity index (χ0) is 18.1. The van der Waals surface area contributed by atoms with E-state index in [9.17, 15) is 9.18 Å². The average Bonchev–Trinajstić information content (AvgIpc) is 3.23. The number of rotatable bonds is 4. The summed E-state index contributed by atoms with van der Waals surface area (Å²) in [5, 5.41) is 7.06. The molecule has 4 rings (SSSR count). The zero-order valence-electron chi connectivity index (χ0n) is 13.9. The molecular formula is C18H15FN6O. The first-order chi connectivity index (χ1) is 12.6. The zero-order valence-corrected chi connectivity index (χ0v) is 13.9. The minimum absolute atomic E-state index is 0.249. The van der Waals surface area contributed by atoms with Crippen molar-refractivity contribution in [1.82, 2.24) is 29.5 Å². The SMILES string of the molecule is Cc1nc2ncccn2c1C(=O)NCc1cnn(-c2cccc(F)c2)c1. The normalized spacial score (nSPS) is 11.0. The molecule has 4 aromatic rings. The van der Waals surface area contributed by atoms with Gasteiger partial charge in [-0.15, -0.1) is 0 Å². The Balaban J connectivity index is 1.51. The molecule has 8 heteroatoms. The molecule has 0 spiro atoms. The predicted octanol–water partition coefficient (Wildman–Crippen LogP) is 2.29. The van der Waals surface area contributed by atoms with Crippen molar-refractivity contribution in [3.05, 3.63) is 77.9 Å². The fourth-order valence-electron chi connectivity index (χ4n) is 2.75. The van der Waals surface area contributed by atoms with Crippen molar-refractivity contribution in [2.24, 2.45) is 0 Å². The molecule has 1 N–H and O–H groups in total. The summed E-state index contributed by atoms with van der Waals surface area (Å²) in [5.74, 6) is -0.0971. The van der Waals surface area contributed by atoms with Crippen molar-refractivity contribution in [2.75, 3.05) is 0 Å². The molecule has 0 saturated carbocycles. The maximum Gasteiger partial charge on any atom is 0.270 e. The third kappa shape index (κ3) is 2.92. The summed E-state index contributed by atoms with van der Waals surface area (Å²) >= 11 is 0. The third-order valence-corrected chi connectivity index (χ3v) is 3.95. The second kappa shape index (κ2) is 6.40. The number of fused-ring (bicyclic) bond motifs is 1. The molecule has 0 bridgehead atoms. The minimum atomic E-state index is -0.329. The van der Waals surface area contributed by atoms with Gasteiger partial charge in [0.1, 0.15) is 11.5 Å². The summed E-state index contributed by atoms with van der Waals surface area (Å²) in [6.07, 6.45) is 6.76. The molecule has 0 aliphatic carbocycles. The van der Waals surface area contributed by atoms with E-state index in [1.807, 2.05) is 0 Å². The van der Waals surface area contributed by atoms with Crippen LogP contribution < -0.4 is 5.32 Å². The summed E-state index contributed by atoms with van der Waals surface area (Å²) < 4.78 is 16.5. The highest BCUT2D eigenvalue weighted by atomic mass is 19.1. The molecule has 1 aromatic carbocycles. The van der Waals surface area contributed by atoms with Gasteiger partial charge in [-0.25, -0.2) is 19.0 Å². The van der Waals surface area contributed by atoms with E-state index in [4.69, 9.17) is 0 Å². The highest BCUT2D eigenvalue weighted by Crippen LogP contribution is 2.12. The number of hydrogen-bond donors (Lipinski definition) is 1. The van der Waals surface area contributed by atoms with Crippen LogP contribution in [0.15, 0.2) is 55.1 Å². The summed E-state index contributed by atoms with van der Waals surface area (Å²) in [4.78, 5) is 21.0. The van der Waals surface area contributed by atoms with Crippen LogP contribution in [0.25, 0.3) is 11.5 Å². The second-order valence-corrected chi connectivity index (χ2v) is 5.79. The van der Waals surface area contributed by atoms with E-state index in [1.54, 1.807) is 59.0 Å².